The fourth-order valence-corrected chi connectivity index (χ4v) is 2.06. The van der Waals surface area contributed by atoms with E-state index in [9.17, 15) is 9.36 Å². The van der Waals surface area contributed by atoms with Crippen molar-refractivity contribution in [1.82, 2.24) is 5.32 Å². The van der Waals surface area contributed by atoms with Gasteiger partial charge >= 0.3 is 13.9 Å². The summed E-state index contributed by atoms with van der Waals surface area (Å²) in [5, 5.41) is 2.64. The number of phosphoric acid groups is 1. The largest absolute Gasteiger partial charge is 0.471 e. The molecule has 0 aliphatic heterocycles. The van der Waals surface area contributed by atoms with Gasteiger partial charge in [0.1, 0.15) is 12.7 Å². The minimum Gasteiger partial charge on any atom is -0.447 e. The summed E-state index contributed by atoms with van der Waals surface area (Å²) in [7, 11) is 0.328. The molecule has 0 aliphatic carbocycles. The molecule has 0 rings (SSSR count). The van der Waals surface area contributed by atoms with E-state index in [2.05, 4.69) is 14.4 Å². The molecule has 0 saturated carbocycles. The van der Waals surface area contributed by atoms with Crippen molar-refractivity contribution in [3.63, 3.8) is 0 Å². The maximum absolute atomic E-state index is 11.4. The van der Waals surface area contributed by atoms with Gasteiger partial charge in [-0.15, -0.1) is 0 Å². The van der Waals surface area contributed by atoms with Crippen molar-refractivity contribution in [2.24, 2.45) is 0 Å². The Kier molecular flexibility index (Phi) is 13.3. The van der Waals surface area contributed by atoms with Gasteiger partial charge in [0, 0.05) is 27.9 Å². The van der Waals surface area contributed by atoms with E-state index in [0.29, 0.717) is 19.6 Å². The zero-order valence-electron chi connectivity index (χ0n) is 14.0. The van der Waals surface area contributed by atoms with Crippen molar-refractivity contribution in [3.8, 4) is 0 Å². The number of methoxy groups -OCH3 is 2. The van der Waals surface area contributed by atoms with Gasteiger partial charge in [0.05, 0.1) is 13.2 Å². The maximum atomic E-state index is 11.4. The lowest BCUT2D eigenvalue weighted by atomic mass is 10.2. The summed E-state index contributed by atoms with van der Waals surface area (Å²) >= 11 is 0. The summed E-state index contributed by atoms with van der Waals surface area (Å²) in [5.41, 5.74) is 0. The van der Waals surface area contributed by atoms with Gasteiger partial charge in [-0.2, -0.15) is 0 Å². The molecule has 0 aliphatic rings. The molecule has 0 bridgehead atoms. The molecule has 0 spiro atoms. The maximum Gasteiger partial charge on any atom is 0.471 e. The van der Waals surface area contributed by atoms with Crippen LogP contribution in [-0.2, 0) is 27.8 Å². The van der Waals surface area contributed by atoms with Gasteiger partial charge in [-0.05, 0) is 12.8 Å². The van der Waals surface area contributed by atoms with E-state index in [1.165, 1.54) is 7.11 Å². The first-order chi connectivity index (χ1) is 10.9. The van der Waals surface area contributed by atoms with E-state index in [-0.39, 0.29) is 19.3 Å². The number of ether oxygens (including phenoxy) is 3. The number of amides is 1. The number of alkyl carbamates (subject to hydrolysis) is 1. The van der Waals surface area contributed by atoms with Crippen LogP contribution in [0, 0.1) is 0 Å². The predicted octanol–water partition coefficient (Wildman–Crippen LogP) is 1.70. The van der Waals surface area contributed by atoms with Crippen LogP contribution < -0.4 is 5.32 Å². The van der Waals surface area contributed by atoms with Crippen LogP contribution in [-0.4, -0.2) is 64.8 Å². The SMILES string of the molecule is COCC(COC(=O)NCCCCCCOP(=O)(O)OC)OC. The van der Waals surface area contributed by atoms with Crippen LogP contribution in [0.3, 0.4) is 0 Å². The molecule has 0 fully saturated rings. The van der Waals surface area contributed by atoms with E-state index in [1.54, 1.807) is 7.11 Å². The first kappa shape index (κ1) is 22.3. The van der Waals surface area contributed by atoms with Crippen LogP contribution in [0.25, 0.3) is 0 Å². The Morgan fingerprint density at radius 2 is 1.83 bits per heavy atom. The van der Waals surface area contributed by atoms with Crippen molar-refractivity contribution in [2.45, 2.75) is 31.8 Å². The number of nitrogens with one attached hydrogen (secondary N) is 1. The number of rotatable bonds is 14. The van der Waals surface area contributed by atoms with Gasteiger partial charge in [0.2, 0.25) is 0 Å². The van der Waals surface area contributed by atoms with Crippen molar-refractivity contribution >= 4 is 13.9 Å². The Morgan fingerprint density at radius 3 is 2.43 bits per heavy atom. The van der Waals surface area contributed by atoms with Gasteiger partial charge in [-0.1, -0.05) is 12.8 Å². The zero-order valence-corrected chi connectivity index (χ0v) is 14.9. The van der Waals surface area contributed by atoms with Gasteiger partial charge < -0.3 is 24.4 Å². The van der Waals surface area contributed by atoms with Crippen molar-refractivity contribution in [3.05, 3.63) is 0 Å². The molecule has 2 unspecified atom stereocenters. The Morgan fingerprint density at radius 1 is 1.13 bits per heavy atom. The molecule has 0 aromatic rings. The Bertz CT molecular complexity index is 355. The quantitative estimate of drug-likeness (QED) is 0.357. The molecular weight excluding hydrogens is 329 g/mol. The number of carbonyl (C=O) groups excluding carboxylic acids is 1. The third-order valence-corrected chi connectivity index (χ3v) is 3.88. The molecule has 2 atom stereocenters. The molecule has 23 heavy (non-hydrogen) atoms. The third-order valence-electron chi connectivity index (χ3n) is 2.91. The van der Waals surface area contributed by atoms with E-state index >= 15 is 0 Å². The van der Waals surface area contributed by atoms with Crippen molar-refractivity contribution in [1.29, 1.82) is 0 Å². The molecular formula is C13H28NO8P. The number of carbonyl (C=O) groups is 1. The van der Waals surface area contributed by atoms with E-state index in [1.807, 2.05) is 0 Å². The monoisotopic (exact) mass is 357 g/mol. The Hall–Kier alpha value is -0.700. The minimum absolute atomic E-state index is 0.133. The lowest BCUT2D eigenvalue weighted by molar-refractivity contribution is -0.0111. The van der Waals surface area contributed by atoms with E-state index < -0.39 is 13.9 Å². The highest BCUT2D eigenvalue weighted by Gasteiger charge is 2.17. The second-order valence-electron chi connectivity index (χ2n) is 4.74. The molecule has 2 N–H and O–H groups in total. The fraction of sp³-hybridized carbons (Fsp3) is 0.923. The first-order valence-corrected chi connectivity index (χ1v) is 8.90. The topological polar surface area (TPSA) is 113 Å². The Balaban J connectivity index is 3.47. The molecule has 0 aromatic carbocycles. The highest BCUT2D eigenvalue weighted by molar-refractivity contribution is 7.47. The highest BCUT2D eigenvalue weighted by atomic mass is 31.2. The van der Waals surface area contributed by atoms with Crippen molar-refractivity contribution < 1.29 is 37.5 Å². The summed E-state index contributed by atoms with van der Waals surface area (Å²) in [6, 6.07) is 0. The van der Waals surface area contributed by atoms with Gasteiger partial charge in [0.15, 0.2) is 0 Å². The molecule has 138 valence electrons. The van der Waals surface area contributed by atoms with Crippen LogP contribution in [0.2, 0.25) is 0 Å². The summed E-state index contributed by atoms with van der Waals surface area (Å²) in [4.78, 5) is 20.4. The van der Waals surface area contributed by atoms with Gasteiger partial charge in [0.25, 0.3) is 0 Å². The predicted molar refractivity (Wildman–Crippen MR) is 83.3 cm³/mol. The van der Waals surface area contributed by atoms with Crippen LogP contribution in [0.4, 0.5) is 4.79 Å². The van der Waals surface area contributed by atoms with Crippen LogP contribution in [0.15, 0.2) is 0 Å². The van der Waals surface area contributed by atoms with Gasteiger partial charge in [-0.3, -0.25) is 9.05 Å². The molecule has 9 nitrogen and oxygen atoms in total. The minimum atomic E-state index is -3.86. The summed E-state index contributed by atoms with van der Waals surface area (Å²) in [5.74, 6) is 0. The molecule has 0 heterocycles. The molecule has 0 aromatic heterocycles. The third kappa shape index (κ3) is 13.4. The molecule has 1 amide bonds. The summed E-state index contributed by atoms with van der Waals surface area (Å²) in [6.07, 6.45) is 2.33. The average molecular weight is 357 g/mol. The smallest absolute Gasteiger partial charge is 0.447 e. The number of unbranched alkanes of at least 4 members (excludes halogenated alkanes) is 3. The van der Waals surface area contributed by atoms with E-state index in [4.69, 9.17) is 19.1 Å². The molecule has 0 saturated heterocycles. The Labute approximate surface area is 137 Å². The second kappa shape index (κ2) is 13.7. The lowest BCUT2D eigenvalue weighted by Gasteiger charge is -2.14. The normalized spacial score (nSPS) is 15.0. The van der Waals surface area contributed by atoms with Gasteiger partial charge in [-0.25, -0.2) is 9.36 Å². The van der Waals surface area contributed by atoms with E-state index in [0.717, 1.165) is 26.4 Å². The summed E-state index contributed by atoms with van der Waals surface area (Å²) < 4.78 is 34.9. The number of phosphoric ester groups is 1. The van der Waals surface area contributed by atoms with Crippen LogP contribution in [0.5, 0.6) is 0 Å². The van der Waals surface area contributed by atoms with Crippen LogP contribution in [0.1, 0.15) is 25.7 Å². The highest BCUT2D eigenvalue weighted by Crippen LogP contribution is 2.41. The second-order valence-corrected chi connectivity index (χ2v) is 6.30. The summed E-state index contributed by atoms with van der Waals surface area (Å²) in [6.45, 7) is 1.15. The van der Waals surface area contributed by atoms with Crippen LogP contribution >= 0.6 is 7.82 Å². The van der Waals surface area contributed by atoms with Crippen molar-refractivity contribution in [2.75, 3.05) is 47.7 Å². The average Bonchev–Trinajstić information content (AvgIpc) is 2.53. The number of hydrogen-bond acceptors (Lipinski definition) is 7. The molecule has 10 heteroatoms. The standard InChI is InChI=1S/C13H28NO8P/c1-18-10-12(19-2)11-21-13(15)14-8-6-4-5-7-9-22-23(16,17)20-3/h12H,4-11H2,1-3H3,(H,14,15)(H,16,17). The molecule has 0 radical (unpaired) electrons. The lowest BCUT2D eigenvalue weighted by Crippen LogP contribution is -2.31. The first-order valence-electron chi connectivity index (χ1n) is 7.40. The number of hydrogen-bond donors (Lipinski definition) is 2. The zero-order chi connectivity index (χ0) is 17.6. The fourth-order valence-electron chi connectivity index (χ4n) is 1.59.